The average Bonchev–Trinajstić information content (AvgIpc) is 3.04. The number of aromatic nitrogens is 1. The van der Waals surface area contributed by atoms with Crippen molar-refractivity contribution in [2.75, 3.05) is 29.9 Å². The van der Waals surface area contributed by atoms with Crippen molar-refractivity contribution in [2.24, 2.45) is 0 Å². The lowest BCUT2D eigenvalue weighted by molar-refractivity contribution is 0.949. The molecule has 2 aromatic rings. The molecule has 0 atom stereocenters. The molecule has 0 amide bonds. The predicted octanol–water partition coefficient (Wildman–Crippen LogP) is 4.14. The Bertz CT molecular complexity index is 642. The third-order valence-electron chi connectivity index (χ3n) is 4.47. The number of pyridine rings is 1. The van der Waals surface area contributed by atoms with Gasteiger partial charge in [-0.1, -0.05) is 6.92 Å². The molecule has 0 saturated carbocycles. The van der Waals surface area contributed by atoms with Crippen LogP contribution in [0, 0.1) is 6.92 Å². The fourth-order valence-corrected chi connectivity index (χ4v) is 3.32. The van der Waals surface area contributed by atoms with Crippen molar-refractivity contribution in [1.82, 2.24) is 4.98 Å². The summed E-state index contributed by atoms with van der Waals surface area (Å²) in [5.41, 5.74) is 6.21. The molecule has 0 unspecified atom stereocenters. The average molecular weight is 283 g/mol. The van der Waals surface area contributed by atoms with Gasteiger partial charge in [-0.05, 0) is 56.9 Å². The molecule has 1 aromatic heterocycles. The van der Waals surface area contributed by atoms with Crippen molar-refractivity contribution >= 4 is 22.3 Å². The molecule has 2 heterocycles. The Balaban J connectivity index is 2.15. The summed E-state index contributed by atoms with van der Waals surface area (Å²) >= 11 is 0. The first-order chi connectivity index (χ1) is 10.2. The van der Waals surface area contributed by atoms with Crippen molar-refractivity contribution in [3.8, 4) is 0 Å². The van der Waals surface area contributed by atoms with Crippen LogP contribution < -0.4 is 10.2 Å². The van der Waals surface area contributed by atoms with Crippen LogP contribution in [0.3, 0.4) is 0 Å². The Labute approximate surface area is 127 Å². The van der Waals surface area contributed by atoms with Gasteiger partial charge in [0.25, 0.3) is 0 Å². The van der Waals surface area contributed by atoms with Gasteiger partial charge < -0.3 is 10.2 Å². The van der Waals surface area contributed by atoms with Crippen LogP contribution in [0.15, 0.2) is 18.2 Å². The molecular formula is C18H25N3. The number of hydrogen-bond acceptors (Lipinski definition) is 3. The van der Waals surface area contributed by atoms with Gasteiger partial charge in [0.1, 0.15) is 0 Å². The van der Waals surface area contributed by atoms with E-state index in [4.69, 9.17) is 4.98 Å². The summed E-state index contributed by atoms with van der Waals surface area (Å²) in [7, 11) is 0. The number of nitrogens with one attached hydrogen (secondary N) is 1. The molecule has 1 aromatic carbocycles. The van der Waals surface area contributed by atoms with Crippen molar-refractivity contribution in [1.29, 1.82) is 0 Å². The molecule has 0 radical (unpaired) electrons. The maximum absolute atomic E-state index is 4.85. The molecular weight excluding hydrogens is 258 g/mol. The third-order valence-corrected chi connectivity index (χ3v) is 4.47. The molecule has 1 aliphatic heterocycles. The van der Waals surface area contributed by atoms with E-state index in [0.29, 0.717) is 0 Å². The number of rotatable bonds is 4. The quantitative estimate of drug-likeness (QED) is 0.914. The summed E-state index contributed by atoms with van der Waals surface area (Å²) in [5, 5.41) is 4.81. The molecule has 3 rings (SSSR count). The highest BCUT2D eigenvalue weighted by Gasteiger charge is 2.15. The van der Waals surface area contributed by atoms with E-state index in [1.54, 1.807) is 0 Å². The highest BCUT2D eigenvalue weighted by atomic mass is 15.1. The van der Waals surface area contributed by atoms with Crippen molar-refractivity contribution in [2.45, 2.75) is 40.0 Å². The Kier molecular flexibility index (Phi) is 4.00. The number of benzene rings is 1. The fourth-order valence-electron chi connectivity index (χ4n) is 3.32. The van der Waals surface area contributed by atoms with E-state index >= 15 is 0 Å². The number of fused-ring (bicyclic) bond motifs is 1. The first-order valence-electron chi connectivity index (χ1n) is 8.16. The zero-order chi connectivity index (χ0) is 14.8. The van der Waals surface area contributed by atoms with E-state index in [1.807, 2.05) is 0 Å². The minimum absolute atomic E-state index is 0.942. The molecule has 21 heavy (non-hydrogen) atoms. The van der Waals surface area contributed by atoms with E-state index in [0.717, 1.165) is 18.5 Å². The third kappa shape index (κ3) is 2.57. The maximum atomic E-state index is 4.85. The zero-order valence-corrected chi connectivity index (χ0v) is 13.4. The summed E-state index contributed by atoms with van der Waals surface area (Å²) in [6.07, 6.45) is 3.60. The van der Waals surface area contributed by atoms with E-state index < -0.39 is 0 Å². The zero-order valence-electron chi connectivity index (χ0n) is 13.4. The fraction of sp³-hybridized carbons (Fsp3) is 0.500. The topological polar surface area (TPSA) is 28.2 Å². The maximum Gasteiger partial charge on any atom is 0.0727 e. The van der Waals surface area contributed by atoms with Gasteiger partial charge in [0.05, 0.1) is 5.52 Å². The smallest absolute Gasteiger partial charge is 0.0727 e. The molecule has 0 aliphatic carbocycles. The van der Waals surface area contributed by atoms with Crippen LogP contribution in [0.2, 0.25) is 0 Å². The van der Waals surface area contributed by atoms with Gasteiger partial charge in [0.15, 0.2) is 0 Å². The summed E-state index contributed by atoms with van der Waals surface area (Å²) < 4.78 is 0. The van der Waals surface area contributed by atoms with Crippen LogP contribution >= 0.6 is 0 Å². The number of nitrogens with zero attached hydrogens (tertiary/aromatic N) is 2. The van der Waals surface area contributed by atoms with E-state index in [9.17, 15) is 0 Å². The number of anilines is 2. The summed E-state index contributed by atoms with van der Waals surface area (Å²) in [5.74, 6) is 0. The Morgan fingerprint density at radius 2 is 1.95 bits per heavy atom. The van der Waals surface area contributed by atoms with Crippen LogP contribution in [0.25, 0.3) is 10.9 Å². The lowest BCUT2D eigenvalue weighted by atomic mass is 10.0. The van der Waals surface area contributed by atoms with E-state index in [2.05, 4.69) is 49.2 Å². The van der Waals surface area contributed by atoms with Gasteiger partial charge in [-0.25, -0.2) is 0 Å². The second kappa shape index (κ2) is 5.92. The van der Waals surface area contributed by atoms with Gasteiger partial charge in [0.2, 0.25) is 0 Å². The lowest BCUT2D eigenvalue weighted by Gasteiger charge is -2.20. The van der Waals surface area contributed by atoms with Crippen LogP contribution in [-0.2, 0) is 6.42 Å². The van der Waals surface area contributed by atoms with Gasteiger partial charge in [-0.2, -0.15) is 0 Å². The van der Waals surface area contributed by atoms with Crippen molar-refractivity contribution in [3.05, 3.63) is 29.5 Å². The van der Waals surface area contributed by atoms with Crippen molar-refractivity contribution < 1.29 is 0 Å². The van der Waals surface area contributed by atoms with Crippen LogP contribution in [-0.4, -0.2) is 24.6 Å². The van der Waals surface area contributed by atoms with Gasteiger partial charge in [-0.3, -0.25) is 4.98 Å². The Morgan fingerprint density at radius 1 is 1.19 bits per heavy atom. The number of hydrogen-bond donors (Lipinski definition) is 1. The molecule has 1 N–H and O–H groups in total. The highest BCUT2D eigenvalue weighted by Crippen LogP contribution is 2.32. The van der Waals surface area contributed by atoms with Crippen LogP contribution in [0.5, 0.6) is 0 Å². The monoisotopic (exact) mass is 283 g/mol. The highest BCUT2D eigenvalue weighted by molar-refractivity contribution is 5.95. The second-order valence-electron chi connectivity index (χ2n) is 5.84. The van der Waals surface area contributed by atoms with Gasteiger partial charge in [0, 0.05) is 42.1 Å². The van der Waals surface area contributed by atoms with Gasteiger partial charge in [-0.15, -0.1) is 0 Å². The second-order valence-corrected chi connectivity index (χ2v) is 5.84. The molecule has 1 aliphatic rings. The molecule has 0 spiro atoms. The van der Waals surface area contributed by atoms with Crippen LogP contribution in [0.4, 0.5) is 11.4 Å². The van der Waals surface area contributed by atoms with E-state index in [-0.39, 0.29) is 0 Å². The Hall–Kier alpha value is -1.77. The molecule has 3 heteroatoms. The minimum atomic E-state index is 0.942. The SMILES string of the molecule is CCNc1c(C)c(CC)nc2ccc(N3CCCC3)cc12. The van der Waals surface area contributed by atoms with Crippen LogP contribution in [0.1, 0.15) is 37.9 Å². The summed E-state index contributed by atoms with van der Waals surface area (Å²) in [6, 6.07) is 6.73. The molecule has 1 saturated heterocycles. The summed E-state index contributed by atoms with van der Waals surface area (Å²) in [6.45, 7) is 9.82. The summed E-state index contributed by atoms with van der Waals surface area (Å²) in [4.78, 5) is 7.33. The minimum Gasteiger partial charge on any atom is -0.385 e. The largest absolute Gasteiger partial charge is 0.385 e. The first kappa shape index (κ1) is 14.2. The Morgan fingerprint density at radius 3 is 2.62 bits per heavy atom. The van der Waals surface area contributed by atoms with Crippen molar-refractivity contribution in [3.63, 3.8) is 0 Å². The standard InChI is InChI=1S/C18H25N3/c1-4-16-13(3)18(19-5-2)15-12-14(8-9-17(15)20-16)21-10-6-7-11-21/h8-9,12H,4-7,10-11H2,1-3H3,(H,19,20). The first-order valence-corrected chi connectivity index (χ1v) is 8.16. The normalized spacial score (nSPS) is 14.9. The molecule has 1 fully saturated rings. The lowest BCUT2D eigenvalue weighted by Crippen LogP contribution is -2.17. The predicted molar refractivity (Wildman–Crippen MR) is 91.5 cm³/mol. The number of aryl methyl sites for hydroxylation is 1. The molecule has 0 bridgehead atoms. The van der Waals surface area contributed by atoms with E-state index in [1.165, 1.54) is 53.9 Å². The molecule has 112 valence electrons. The van der Waals surface area contributed by atoms with Gasteiger partial charge >= 0.3 is 0 Å². The molecule has 3 nitrogen and oxygen atoms in total.